The molecule has 4 nitrogen and oxygen atoms in total. The van der Waals surface area contributed by atoms with E-state index in [1.54, 1.807) is 19.2 Å². The average Bonchev–Trinajstić information content (AvgIpc) is 2.94. The van der Waals surface area contributed by atoms with Crippen LogP contribution in [0.5, 0.6) is 0 Å². The molecule has 5 heteroatoms. The van der Waals surface area contributed by atoms with Crippen LogP contribution in [-0.2, 0) is 11.2 Å². The van der Waals surface area contributed by atoms with Gasteiger partial charge in [0.15, 0.2) is 0 Å². The third kappa shape index (κ3) is 2.83. The second-order valence-electron chi connectivity index (χ2n) is 5.27. The Labute approximate surface area is 132 Å². The van der Waals surface area contributed by atoms with Crippen LogP contribution >= 0.6 is 0 Å². The minimum atomic E-state index is -1.04. The Balaban J connectivity index is 2.24. The maximum atomic E-state index is 13.2. The van der Waals surface area contributed by atoms with Crippen molar-refractivity contribution in [2.75, 3.05) is 13.7 Å². The number of benzene rings is 2. The molecule has 0 amide bonds. The number of H-pyrrole nitrogens is 1. The highest BCUT2D eigenvalue weighted by Gasteiger charge is 2.20. The summed E-state index contributed by atoms with van der Waals surface area (Å²) in [6.45, 7) is 0.548. The second-order valence-corrected chi connectivity index (χ2v) is 5.27. The van der Waals surface area contributed by atoms with Crippen molar-refractivity contribution in [3.63, 3.8) is 0 Å². The van der Waals surface area contributed by atoms with Gasteiger partial charge in [-0.3, -0.25) is 0 Å². The number of methoxy groups -OCH3 is 1. The zero-order valence-corrected chi connectivity index (χ0v) is 12.6. The molecule has 3 rings (SSSR count). The first-order valence-electron chi connectivity index (χ1n) is 7.23. The summed E-state index contributed by atoms with van der Waals surface area (Å²) in [5.41, 5.74) is 3.11. The van der Waals surface area contributed by atoms with E-state index in [1.165, 1.54) is 12.1 Å². The molecule has 1 heterocycles. The van der Waals surface area contributed by atoms with Gasteiger partial charge in [-0.05, 0) is 29.7 Å². The molecule has 0 bridgehead atoms. The van der Waals surface area contributed by atoms with Crippen molar-refractivity contribution in [3.05, 3.63) is 59.5 Å². The number of fused-ring (bicyclic) bond motifs is 1. The van der Waals surface area contributed by atoms with Gasteiger partial charge in [-0.1, -0.05) is 30.3 Å². The predicted octanol–water partition coefficient (Wildman–Crippen LogP) is 3.86. The maximum absolute atomic E-state index is 13.2. The molecule has 2 N–H and O–H groups in total. The van der Waals surface area contributed by atoms with Crippen molar-refractivity contribution in [1.82, 2.24) is 4.98 Å². The Bertz CT molecular complexity index is 853. The molecule has 0 unspecified atom stereocenters. The van der Waals surface area contributed by atoms with Gasteiger partial charge in [0.25, 0.3) is 0 Å². The van der Waals surface area contributed by atoms with Crippen LogP contribution in [0.1, 0.15) is 16.1 Å². The Morgan fingerprint density at radius 1 is 1.22 bits per heavy atom. The van der Waals surface area contributed by atoms with Gasteiger partial charge in [0.2, 0.25) is 0 Å². The third-order valence-corrected chi connectivity index (χ3v) is 3.84. The minimum Gasteiger partial charge on any atom is -0.477 e. The number of carbonyl (C=O) groups is 1. The van der Waals surface area contributed by atoms with E-state index in [-0.39, 0.29) is 11.5 Å². The molecule has 23 heavy (non-hydrogen) atoms. The van der Waals surface area contributed by atoms with Crippen LogP contribution in [0.25, 0.3) is 22.0 Å². The lowest BCUT2D eigenvalue weighted by Gasteiger charge is -2.04. The number of para-hydroxylation sites is 1. The van der Waals surface area contributed by atoms with Crippen molar-refractivity contribution in [1.29, 1.82) is 0 Å². The molecule has 0 atom stereocenters. The van der Waals surface area contributed by atoms with Crippen LogP contribution in [-0.4, -0.2) is 29.8 Å². The molecule has 0 saturated heterocycles. The number of aromatic amines is 1. The highest BCUT2D eigenvalue weighted by molar-refractivity contribution is 6.08. The van der Waals surface area contributed by atoms with Crippen molar-refractivity contribution >= 4 is 16.9 Å². The van der Waals surface area contributed by atoms with E-state index in [0.717, 1.165) is 16.5 Å². The van der Waals surface area contributed by atoms with E-state index in [2.05, 4.69) is 4.98 Å². The maximum Gasteiger partial charge on any atom is 0.352 e. The van der Waals surface area contributed by atoms with Crippen molar-refractivity contribution in [2.24, 2.45) is 0 Å². The molecular formula is C18H16FNO3. The number of aromatic carboxylic acids is 1. The van der Waals surface area contributed by atoms with Crippen LogP contribution in [0, 0.1) is 5.82 Å². The molecule has 3 aromatic rings. The summed E-state index contributed by atoms with van der Waals surface area (Å²) in [4.78, 5) is 14.6. The van der Waals surface area contributed by atoms with Crippen molar-refractivity contribution in [3.8, 4) is 11.1 Å². The fraction of sp³-hybridized carbons (Fsp3) is 0.167. The quantitative estimate of drug-likeness (QED) is 0.752. The van der Waals surface area contributed by atoms with Gasteiger partial charge in [-0.2, -0.15) is 0 Å². The number of halogens is 1. The first kappa shape index (κ1) is 15.2. The Kier molecular flexibility index (Phi) is 4.12. The van der Waals surface area contributed by atoms with E-state index in [1.807, 2.05) is 18.2 Å². The number of hydrogen-bond donors (Lipinski definition) is 2. The molecule has 0 radical (unpaired) electrons. The minimum absolute atomic E-state index is 0.108. The molecule has 0 spiro atoms. The number of carboxylic acids is 1. The van der Waals surface area contributed by atoms with E-state index in [0.29, 0.717) is 24.2 Å². The summed E-state index contributed by atoms with van der Waals surface area (Å²) in [7, 11) is 1.63. The smallest absolute Gasteiger partial charge is 0.352 e. The van der Waals surface area contributed by atoms with Crippen LogP contribution in [0.4, 0.5) is 4.39 Å². The van der Waals surface area contributed by atoms with Gasteiger partial charge in [-0.15, -0.1) is 0 Å². The van der Waals surface area contributed by atoms with Crippen LogP contribution in [0.15, 0.2) is 42.5 Å². The fourth-order valence-corrected chi connectivity index (χ4v) is 2.78. The molecule has 1 aromatic heterocycles. The molecule has 0 aliphatic carbocycles. The molecule has 0 saturated carbocycles. The number of carboxylic acid groups (broad SMARTS) is 1. The molecule has 118 valence electrons. The fourth-order valence-electron chi connectivity index (χ4n) is 2.78. The SMILES string of the molecule is COCCc1cccc2c(-c3ccc(F)cc3)c(C(=O)O)[nH]c12. The molecule has 2 aromatic carbocycles. The van der Waals surface area contributed by atoms with Crippen LogP contribution < -0.4 is 0 Å². The second kappa shape index (κ2) is 6.22. The third-order valence-electron chi connectivity index (χ3n) is 3.84. The largest absolute Gasteiger partial charge is 0.477 e. The Hall–Kier alpha value is -2.66. The number of rotatable bonds is 5. The van der Waals surface area contributed by atoms with E-state index in [9.17, 15) is 14.3 Å². The summed E-state index contributed by atoms with van der Waals surface area (Å²) in [6, 6.07) is 11.5. The van der Waals surface area contributed by atoms with Crippen LogP contribution in [0.3, 0.4) is 0 Å². The summed E-state index contributed by atoms with van der Waals surface area (Å²) < 4.78 is 18.3. The van der Waals surface area contributed by atoms with Gasteiger partial charge in [0.05, 0.1) is 6.61 Å². The number of ether oxygens (including phenoxy) is 1. The number of aromatic nitrogens is 1. The molecule has 0 aliphatic heterocycles. The lowest BCUT2D eigenvalue weighted by molar-refractivity contribution is 0.0692. The summed E-state index contributed by atoms with van der Waals surface area (Å²) >= 11 is 0. The summed E-state index contributed by atoms with van der Waals surface area (Å²) in [6.07, 6.45) is 0.677. The molecule has 0 aliphatic rings. The van der Waals surface area contributed by atoms with Gasteiger partial charge >= 0.3 is 5.97 Å². The predicted molar refractivity (Wildman–Crippen MR) is 86.2 cm³/mol. The van der Waals surface area contributed by atoms with E-state index in [4.69, 9.17) is 4.74 Å². The highest BCUT2D eigenvalue weighted by atomic mass is 19.1. The first-order valence-corrected chi connectivity index (χ1v) is 7.23. The zero-order valence-electron chi connectivity index (χ0n) is 12.6. The van der Waals surface area contributed by atoms with E-state index < -0.39 is 5.97 Å². The van der Waals surface area contributed by atoms with Gasteiger partial charge in [-0.25, -0.2) is 9.18 Å². The lowest BCUT2D eigenvalue weighted by Crippen LogP contribution is -1.99. The number of nitrogens with one attached hydrogen (secondary N) is 1. The molecule has 0 fully saturated rings. The molecular weight excluding hydrogens is 297 g/mol. The highest BCUT2D eigenvalue weighted by Crippen LogP contribution is 2.34. The van der Waals surface area contributed by atoms with Crippen LogP contribution in [0.2, 0.25) is 0 Å². The topological polar surface area (TPSA) is 62.3 Å². The van der Waals surface area contributed by atoms with Crippen molar-refractivity contribution < 1.29 is 19.0 Å². The average molecular weight is 313 g/mol. The van der Waals surface area contributed by atoms with Gasteiger partial charge < -0.3 is 14.8 Å². The summed E-state index contributed by atoms with van der Waals surface area (Å²) in [5, 5.41) is 10.3. The van der Waals surface area contributed by atoms with Gasteiger partial charge in [0.1, 0.15) is 11.5 Å². The lowest BCUT2D eigenvalue weighted by atomic mass is 10.00. The monoisotopic (exact) mass is 313 g/mol. The normalized spacial score (nSPS) is 11.0. The number of hydrogen-bond acceptors (Lipinski definition) is 2. The zero-order chi connectivity index (χ0) is 16.4. The Morgan fingerprint density at radius 3 is 2.61 bits per heavy atom. The summed E-state index contributed by atoms with van der Waals surface area (Å²) in [5.74, 6) is -1.40. The first-order chi connectivity index (χ1) is 11.1. The van der Waals surface area contributed by atoms with Crippen molar-refractivity contribution in [2.45, 2.75) is 6.42 Å². The van der Waals surface area contributed by atoms with Gasteiger partial charge in [0, 0.05) is 23.6 Å². The Morgan fingerprint density at radius 2 is 1.96 bits per heavy atom. The standard InChI is InChI=1S/C18H16FNO3/c1-23-10-9-12-3-2-4-14-15(11-5-7-13(19)8-6-11)17(18(21)22)20-16(12)14/h2-8,20H,9-10H2,1H3,(H,21,22). The van der Waals surface area contributed by atoms with E-state index >= 15 is 0 Å².